The summed E-state index contributed by atoms with van der Waals surface area (Å²) in [5.41, 5.74) is 2.83. The topological polar surface area (TPSA) is 51.1 Å². The van der Waals surface area contributed by atoms with Crippen molar-refractivity contribution in [2.45, 2.75) is 6.54 Å². The SMILES string of the molecule is O=C1NC(=O)/C(=C\c2cn(Cc3ccc(Cl)cc3Cl)c3ccccc23)S1. The molecule has 2 aromatic carbocycles. The van der Waals surface area contributed by atoms with Gasteiger partial charge in [-0.2, -0.15) is 0 Å². The second kappa shape index (κ2) is 6.83. The average molecular weight is 403 g/mol. The lowest BCUT2D eigenvalue weighted by Gasteiger charge is -2.08. The van der Waals surface area contributed by atoms with Gasteiger partial charge in [0.25, 0.3) is 11.1 Å². The number of aromatic nitrogens is 1. The molecule has 1 aliphatic heterocycles. The fraction of sp³-hybridized carbons (Fsp3) is 0.0526. The van der Waals surface area contributed by atoms with Crippen molar-refractivity contribution in [3.05, 3.63) is 74.7 Å². The van der Waals surface area contributed by atoms with Crippen LogP contribution in [0.2, 0.25) is 10.0 Å². The minimum absolute atomic E-state index is 0.349. The molecule has 0 saturated carbocycles. The molecule has 1 saturated heterocycles. The highest BCUT2D eigenvalue weighted by molar-refractivity contribution is 8.18. The molecule has 4 rings (SSSR count). The van der Waals surface area contributed by atoms with E-state index in [0.717, 1.165) is 33.8 Å². The van der Waals surface area contributed by atoms with Gasteiger partial charge in [0.2, 0.25) is 0 Å². The van der Waals surface area contributed by atoms with Crippen LogP contribution < -0.4 is 5.32 Å². The summed E-state index contributed by atoms with van der Waals surface area (Å²) in [5, 5.41) is 4.12. The molecule has 7 heteroatoms. The van der Waals surface area contributed by atoms with Crippen molar-refractivity contribution in [3.8, 4) is 0 Å². The van der Waals surface area contributed by atoms with Gasteiger partial charge in [-0.25, -0.2) is 0 Å². The third kappa shape index (κ3) is 3.26. The number of hydrogen-bond donors (Lipinski definition) is 1. The number of fused-ring (bicyclic) bond motifs is 1. The van der Waals surface area contributed by atoms with E-state index in [1.807, 2.05) is 42.6 Å². The number of halogens is 2. The van der Waals surface area contributed by atoms with Gasteiger partial charge in [-0.1, -0.05) is 47.5 Å². The Balaban J connectivity index is 1.78. The monoisotopic (exact) mass is 402 g/mol. The molecule has 0 bridgehead atoms. The lowest BCUT2D eigenvalue weighted by molar-refractivity contribution is -0.115. The lowest BCUT2D eigenvalue weighted by Crippen LogP contribution is -2.17. The van der Waals surface area contributed by atoms with E-state index in [4.69, 9.17) is 23.2 Å². The molecule has 130 valence electrons. The smallest absolute Gasteiger partial charge is 0.290 e. The Kier molecular flexibility index (Phi) is 4.53. The van der Waals surface area contributed by atoms with Crippen molar-refractivity contribution >= 4 is 63.1 Å². The molecule has 0 radical (unpaired) electrons. The fourth-order valence-electron chi connectivity index (χ4n) is 2.92. The number of hydrogen-bond acceptors (Lipinski definition) is 3. The number of nitrogens with zero attached hydrogens (tertiary/aromatic N) is 1. The second-order valence-corrected chi connectivity index (χ2v) is 7.68. The highest BCUT2D eigenvalue weighted by Crippen LogP contribution is 2.31. The summed E-state index contributed by atoms with van der Waals surface area (Å²) >= 11 is 13.2. The maximum atomic E-state index is 11.8. The van der Waals surface area contributed by atoms with Gasteiger partial charge in [0.1, 0.15) is 0 Å². The van der Waals surface area contributed by atoms with Crippen LogP contribution in [0.1, 0.15) is 11.1 Å². The molecule has 1 aromatic heterocycles. The van der Waals surface area contributed by atoms with Crippen LogP contribution in [0.4, 0.5) is 4.79 Å². The van der Waals surface area contributed by atoms with E-state index in [1.54, 1.807) is 12.1 Å². The molecule has 2 amide bonds. The molecular weight excluding hydrogens is 391 g/mol. The zero-order valence-corrected chi connectivity index (χ0v) is 15.7. The van der Waals surface area contributed by atoms with Gasteiger partial charge in [-0.05, 0) is 41.6 Å². The summed E-state index contributed by atoms with van der Waals surface area (Å²) in [4.78, 5) is 23.6. The van der Waals surface area contributed by atoms with E-state index < -0.39 is 0 Å². The maximum Gasteiger partial charge on any atom is 0.290 e. The van der Waals surface area contributed by atoms with E-state index >= 15 is 0 Å². The molecule has 26 heavy (non-hydrogen) atoms. The third-order valence-electron chi connectivity index (χ3n) is 4.10. The van der Waals surface area contributed by atoms with Crippen molar-refractivity contribution in [1.29, 1.82) is 0 Å². The predicted octanol–water partition coefficient (Wildman–Crippen LogP) is 5.32. The van der Waals surface area contributed by atoms with Crippen molar-refractivity contribution in [3.63, 3.8) is 0 Å². The van der Waals surface area contributed by atoms with E-state index in [2.05, 4.69) is 9.88 Å². The highest BCUT2D eigenvalue weighted by atomic mass is 35.5. The number of amides is 2. The average Bonchev–Trinajstić information content (AvgIpc) is 3.11. The molecule has 0 spiro atoms. The summed E-state index contributed by atoms with van der Waals surface area (Å²) in [6, 6.07) is 13.3. The van der Waals surface area contributed by atoms with Crippen LogP contribution >= 0.6 is 35.0 Å². The molecule has 4 nitrogen and oxygen atoms in total. The first-order valence-electron chi connectivity index (χ1n) is 7.78. The van der Waals surface area contributed by atoms with Crippen molar-refractivity contribution < 1.29 is 9.59 Å². The van der Waals surface area contributed by atoms with E-state index in [0.29, 0.717) is 21.5 Å². The molecule has 1 fully saturated rings. The molecule has 0 unspecified atom stereocenters. The largest absolute Gasteiger partial charge is 0.342 e. The van der Waals surface area contributed by atoms with Gasteiger partial charge < -0.3 is 4.57 Å². The number of nitrogens with one attached hydrogen (secondary N) is 1. The quantitative estimate of drug-likeness (QED) is 0.603. The molecule has 1 aliphatic rings. The molecule has 3 aromatic rings. The normalized spacial score (nSPS) is 15.8. The maximum absolute atomic E-state index is 11.8. The minimum atomic E-state index is -0.363. The van der Waals surface area contributed by atoms with Gasteiger partial charge >= 0.3 is 0 Å². The summed E-state index contributed by atoms with van der Waals surface area (Å²) < 4.78 is 2.07. The predicted molar refractivity (Wildman–Crippen MR) is 107 cm³/mol. The van der Waals surface area contributed by atoms with Gasteiger partial charge in [-0.3, -0.25) is 14.9 Å². The number of imide groups is 1. The first kappa shape index (κ1) is 17.2. The Morgan fingerprint density at radius 2 is 1.92 bits per heavy atom. The van der Waals surface area contributed by atoms with Crippen LogP contribution in [-0.2, 0) is 11.3 Å². The van der Waals surface area contributed by atoms with Crippen LogP contribution in [0.15, 0.2) is 53.6 Å². The Bertz CT molecular complexity index is 1090. The second-order valence-electron chi connectivity index (χ2n) is 5.82. The van der Waals surface area contributed by atoms with Crippen LogP contribution in [0.3, 0.4) is 0 Å². The zero-order chi connectivity index (χ0) is 18.3. The van der Waals surface area contributed by atoms with Crippen molar-refractivity contribution in [2.75, 3.05) is 0 Å². The van der Waals surface area contributed by atoms with Gasteiger partial charge in [0.15, 0.2) is 0 Å². The van der Waals surface area contributed by atoms with E-state index in [-0.39, 0.29) is 11.1 Å². The lowest BCUT2D eigenvalue weighted by atomic mass is 10.1. The summed E-state index contributed by atoms with van der Waals surface area (Å²) in [5.74, 6) is -0.363. The van der Waals surface area contributed by atoms with E-state index in [9.17, 15) is 9.59 Å². The number of carbonyl (C=O) groups excluding carboxylic acids is 2. The molecular formula is C19H12Cl2N2O2S. The molecule has 0 aliphatic carbocycles. The standard InChI is InChI=1S/C19H12Cl2N2O2S/c20-13-6-5-11(15(21)8-13)9-23-10-12(14-3-1-2-4-16(14)23)7-17-18(24)22-19(25)26-17/h1-8,10H,9H2,(H,22,24,25)/b17-7+. The van der Waals surface area contributed by atoms with E-state index in [1.165, 1.54) is 0 Å². The number of benzene rings is 2. The zero-order valence-electron chi connectivity index (χ0n) is 13.3. The Morgan fingerprint density at radius 3 is 2.65 bits per heavy atom. The van der Waals surface area contributed by atoms with Gasteiger partial charge in [0.05, 0.1) is 4.91 Å². The highest BCUT2D eigenvalue weighted by Gasteiger charge is 2.25. The van der Waals surface area contributed by atoms with Crippen molar-refractivity contribution in [2.24, 2.45) is 0 Å². The summed E-state index contributed by atoms with van der Waals surface area (Å²) in [6.45, 7) is 0.567. The Labute approximate surface area is 163 Å². The Hall–Kier alpha value is -2.21. The number of thioether (sulfide) groups is 1. The summed E-state index contributed by atoms with van der Waals surface area (Å²) in [6.07, 6.45) is 3.70. The van der Waals surface area contributed by atoms with Gasteiger partial charge in [0, 0.05) is 39.3 Å². The number of carbonyl (C=O) groups is 2. The Morgan fingerprint density at radius 1 is 1.12 bits per heavy atom. The van der Waals surface area contributed by atoms with Crippen LogP contribution in [0.5, 0.6) is 0 Å². The minimum Gasteiger partial charge on any atom is -0.342 e. The third-order valence-corrected chi connectivity index (χ3v) is 5.50. The van der Waals surface area contributed by atoms with Crippen LogP contribution in [0.25, 0.3) is 17.0 Å². The first-order valence-corrected chi connectivity index (χ1v) is 9.35. The fourth-order valence-corrected chi connectivity index (χ4v) is 4.06. The number of rotatable bonds is 3. The number of para-hydroxylation sites is 1. The van der Waals surface area contributed by atoms with Crippen LogP contribution in [0, 0.1) is 0 Å². The van der Waals surface area contributed by atoms with Crippen molar-refractivity contribution in [1.82, 2.24) is 9.88 Å². The summed E-state index contributed by atoms with van der Waals surface area (Å²) in [7, 11) is 0. The molecule has 1 N–H and O–H groups in total. The molecule has 0 atom stereocenters. The van der Waals surface area contributed by atoms with Crippen LogP contribution in [-0.4, -0.2) is 15.7 Å². The molecule has 2 heterocycles. The van der Waals surface area contributed by atoms with Gasteiger partial charge in [-0.15, -0.1) is 0 Å². The first-order chi connectivity index (χ1) is 12.5.